The van der Waals surface area contributed by atoms with E-state index in [1.165, 1.54) is 0 Å². The molecular formula is C7H12N2. The molecule has 0 saturated carbocycles. The van der Waals surface area contributed by atoms with Gasteiger partial charge in [0.15, 0.2) is 0 Å². The molecule has 0 aromatic rings. The Bertz CT molecular complexity index is 132. The normalized spacial score (nSPS) is 12.1. The van der Waals surface area contributed by atoms with Gasteiger partial charge < -0.3 is 5.41 Å². The van der Waals surface area contributed by atoms with Crippen LogP contribution in [0.15, 0.2) is 0 Å². The predicted molar refractivity (Wildman–Crippen MR) is 37.4 cm³/mol. The molecule has 2 nitrogen and oxygen atoms in total. The maximum atomic E-state index is 8.44. The van der Waals surface area contributed by atoms with Crippen LogP contribution in [-0.2, 0) is 0 Å². The Morgan fingerprint density at radius 3 is 2.44 bits per heavy atom. The Balaban J connectivity index is 3.72. The Morgan fingerprint density at radius 2 is 2.33 bits per heavy atom. The third-order valence-corrected chi connectivity index (χ3v) is 1.26. The molecule has 1 N–H and O–H groups in total. The highest BCUT2D eigenvalue weighted by molar-refractivity contribution is 5.83. The summed E-state index contributed by atoms with van der Waals surface area (Å²) in [5.74, 6) is -0.144. The fourth-order valence-corrected chi connectivity index (χ4v) is 0.667. The Morgan fingerprint density at radius 1 is 1.78 bits per heavy atom. The van der Waals surface area contributed by atoms with Gasteiger partial charge in [-0.05, 0) is 13.3 Å². The van der Waals surface area contributed by atoms with Gasteiger partial charge in [0, 0.05) is 5.71 Å². The van der Waals surface area contributed by atoms with Crippen LogP contribution in [0, 0.1) is 22.7 Å². The summed E-state index contributed by atoms with van der Waals surface area (Å²) in [5, 5.41) is 15.6. The van der Waals surface area contributed by atoms with Crippen molar-refractivity contribution < 1.29 is 0 Å². The van der Waals surface area contributed by atoms with E-state index in [-0.39, 0.29) is 5.92 Å². The second-order valence-electron chi connectivity index (χ2n) is 2.15. The molecule has 1 atom stereocenters. The van der Waals surface area contributed by atoms with Gasteiger partial charge in [0.05, 0.1) is 12.0 Å². The molecule has 0 amide bonds. The predicted octanol–water partition coefficient (Wildman–Crippen LogP) is 1.97. The lowest BCUT2D eigenvalue weighted by molar-refractivity contribution is 0.726. The van der Waals surface area contributed by atoms with Gasteiger partial charge >= 0.3 is 0 Å². The number of nitrogens with one attached hydrogen (secondary N) is 1. The summed E-state index contributed by atoms with van der Waals surface area (Å²) in [7, 11) is 0. The monoisotopic (exact) mass is 124 g/mol. The molecule has 0 fully saturated rings. The first-order valence-corrected chi connectivity index (χ1v) is 3.17. The van der Waals surface area contributed by atoms with Crippen LogP contribution < -0.4 is 0 Å². The van der Waals surface area contributed by atoms with E-state index in [9.17, 15) is 0 Å². The van der Waals surface area contributed by atoms with Gasteiger partial charge in [0.1, 0.15) is 0 Å². The van der Waals surface area contributed by atoms with Gasteiger partial charge in [-0.1, -0.05) is 13.3 Å². The first kappa shape index (κ1) is 8.16. The molecule has 9 heavy (non-hydrogen) atoms. The van der Waals surface area contributed by atoms with E-state index in [4.69, 9.17) is 10.7 Å². The van der Waals surface area contributed by atoms with Crippen LogP contribution in [0.5, 0.6) is 0 Å². The van der Waals surface area contributed by atoms with E-state index in [1.807, 2.05) is 6.92 Å². The molecule has 2 heteroatoms. The van der Waals surface area contributed by atoms with Crippen LogP contribution in [-0.4, -0.2) is 5.71 Å². The van der Waals surface area contributed by atoms with Gasteiger partial charge in [0.25, 0.3) is 0 Å². The first-order valence-electron chi connectivity index (χ1n) is 3.17. The molecule has 0 heterocycles. The minimum Gasteiger partial charge on any atom is -0.309 e. The van der Waals surface area contributed by atoms with Crippen LogP contribution in [0.25, 0.3) is 0 Å². The smallest absolute Gasteiger partial charge is 0.0835 e. The maximum absolute atomic E-state index is 8.44. The summed E-state index contributed by atoms with van der Waals surface area (Å²) in [4.78, 5) is 0. The minimum atomic E-state index is -0.144. The SMILES string of the molecule is CCCC(C#N)C(C)=N. The first-order chi connectivity index (χ1) is 4.22. The maximum Gasteiger partial charge on any atom is 0.0835 e. The van der Waals surface area contributed by atoms with Crippen LogP contribution in [0.3, 0.4) is 0 Å². The van der Waals surface area contributed by atoms with Crippen molar-refractivity contribution in [2.75, 3.05) is 0 Å². The van der Waals surface area contributed by atoms with E-state index in [0.717, 1.165) is 12.8 Å². The summed E-state index contributed by atoms with van der Waals surface area (Å²) in [6, 6.07) is 2.08. The lowest BCUT2D eigenvalue weighted by Crippen LogP contribution is -2.06. The third-order valence-electron chi connectivity index (χ3n) is 1.26. The van der Waals surface area contributed by atoms with E-state index in [2.05, 4.69) is 6.07 Å². The molecule has 0 aliphatic heterocycles. The zero-order valence-electron chi connectivity index (χ0n) is 5.94. The summed E-state index contributed by atoms with van der Waals surface area (Å²) >= 11 is 0. The number of hydrogen-bond donors (Lipinski definition) is 1. The van der Waals surface area contributed by atoms with Crippen molar-refractivity contribution in [2.45, 2.75) is 26.7 Å². The molecule has 0 saturated heterocycles. The molecule has 0 rings (SSSR count). The third kappa shape index (κ3) is 2.86. The Kier molecular flexibility index (Phi) is 3.70. The summed E-state index contributed by atoms with van der Waals surface area (Å²) in [5.41, 5.74) is 0.486. The van der Waals surface area contributed by atoms with Crippen molar-refractivity contribution >= 4 is 5.71 Å². The van der Waals surface area contributed by atoms with Crippen LogP contribution in [0.1, 0.15) is 26.7 Å². The molecular weight excluding hydrogens is 112 g/mol. The van der Waals surface area contributed by atoms with Crippen molar-refractivity contribution in [1.82, 2.24) is 0 Å². The summed E-state index contributed by atoms with van der Waals surface area (Å²) in [6.07, 6.45) is 1.81. The standard InChI is InChI=1S/C7H12N2/c1-3-4-7(5-8)6(2)9/h7,9H,3-4H2,1-2H3. The number of hydrogen-bond acceptors (Lipinski definition) is 2. The van der Waals surface area contributed by atoms with Crippen LogP contribution in [0.2, 0.25) is 0 Å². The largest absolute Gasteiger partial charge is 0.309 e. The zero-order valence-corrected chi connectivity index (χ0v) is 5.94. The number of nitrogens with zero attached hydrogens (tertiary/aromatic N) is 1. The second kappa shape index (κ2) is 4.08. The van der Waals surface area contributed by atoms with E-state index < -0.39 is 0 Å². The average Bonchev–Trinajstić information content (AvgIpc) is 1.82. The van der Waals surface area contributed by atoms with Crippen molar-refractivity contribution in [3.8, 4) is 6.07 Å². The molecule has 0 aliphatic rings. The quantitative estimate of drug-likeness (QED) is 0.574. The lowest BCUT2D eigenvalue weighted by Gasteiger charge is -2.02. The molecule has 50 valence electrons. The van der Waals surface area contributed by atoms with Crippen LogP contribution >= 0.6 is 0 Å². The van der Waals surface area contributed by atoms with E-state index in [0.29, 0.717) is 5.71 Å². The highest BCUT2D eigenvalue weighted by Gasteiger charge is 2.06. The lowest BCUT2D eigenvalue weighted by atomic mass is 10.0. The zero-order chi connectivity index (χ0) is 7.28. The van der Waals surface area contributed by atoms with Gasteiger partial charge in [0.2, 0.25) is 0 Å². The Hall–Kier alpha value is -0.840. The fraction of sp³-hybridized carbons (Fsp3) is 0.714. The molecule has 0 radical (unpaired) electrons. The molecule has 0 bridgehead atoms. The van der Waals surface area contributed by atoms with E-state index in [1.54, 1.807) is 6.92 Å². The molecule has 0 aliphatic carbocycles. The second-order valence-corrected chi connectivity index (χ2v) is 2.15. The fourth-order valence-electron chi connectivity index (χ4n) is 0.667. The van der Waals surface area contributed by atoms with Crippen molar-refractivity contribution in [3.63, 3.8) is 0 Å². The van der Waals surface area contributed by atoms with Crippen molar-refractivity contribution in [3.05, 3.63) is 0 Å². The number of rotatable bonds is 3. The summed E-state index contributed by atoms with van der Waals surface area (Å²) < 4.78 is 0. The summed E-state index contributed by atoms with van der Waals surface area (Å²) in [6.45, 7) is 3.71. The Labute approximate surface area is 56.0 Å². The average molecular weight is 124 g/mol. The number of nitriles is 1. The molecule has 0 aromatic heterocycles. The topological polar surface area (TPSA) is 47.6 Å². The highest BCUT2D eigenvalue weighted by Crippen LogP contribution is 2.05. The van der Waals surface area contributed by atoms with Crippen LogP contribution in [0.4, 0.5) is 0 Å². The van der Waals surface area contributed by atoms with Gasteiger partial charge in [-0.3, -0.25) is 0 Å². The molecule has 1 unspecified atom stereocenters. The van der Waals surface area contributed by atoms with Gasteiger partial charge in [-0.2, -0.15) is 5.26 Å². The van der Waals surface area contributed by atoms with E-state index >= 15 is 0 Å². The van der Waals surface area contributed by atoms with Crippen molar-refractivity contribution in [2.24, 2.45) is 5.92 Å². The molecule has 0 spiro atoms. The highest BCUT2D eigenvalue weighted by atomic mass is 14.4. The minimum absolute atomic E-state index is 0.144. The van der Waals surface area contributed by atoms with Gasteiger partial charge in [-0.25, -0.2) is 0 Å². The van der Waals surface area contributed by atoms with Gasteiger partial charge in [-0.15, -0.1) is 0 Å². The van der Waals surface area contributed by atoms with Crippen molar-refractivity contribution in [1.29, 1.82) is 10.7 Å². The molecule has 0 aromatic carbocycles.